The predicted octanol–water partition coefficient (Wildman–Crippen LogP) is 4.34. The normalized spacial score (nSPS) is 10.5. The van der Waals surface area contributed by atoms with E-state index in [1.807, 2.05) is 55.5 Å². The third kappa shape index (κ3) is 2.30. The summed E-state index contributed by atoms with van der Waals surface area (Å²) in [6.45, 7) is 2.01. The second kappa shape index (κ2) is 5.21. The topological polar surface area (TPSA) is 31.4 Å². The van der Waals surface area contributed by atoms with Crippen molar-refractivity contribution in [1.82, 2.24) is 4.98 Å². The number of aryl methyl sites for hydroxylation is 1. The molecule has 0 atom stereocenters. The number of hydrogen-bond acceptors (Lipinski definition) is 3. The molecule has 3 heteroatoms. The van der Waals surface area contributed by atoms with Gasteiger partial charge in [-0.25, -0.2) is 0 Å². The average Bonchev–Trinajstić information content (AvgIpc) is 2.48. The number of benzene rings is 2. The zero-order valence-electron chi connectivity index (χ0n) is 11.5. The second-order valence-corrected chi connectivity index (χ2v) is 4.56. The first-order valence-corrected chi connectivity index (χ1v) is 6.44. The van der Waals surface area contributed by atoms with Crippen molar-refractivity contribution in [2.45, 2.75) is 6.92 Å². The maximum absolute atomic E-state index is 5.94. The minimum Gasteiger partial charge on any atom is -0.496 e. The molecule has 0 aliphatic carbocycles. The van der Waals surface area contributed by atoms with Gasteiger partial charge in [0, 0.05) is 17.6 Å². The Morgan fingerprint density at radius 3 is 2.50 bits per heavy atom. The van der Waals surface area contributed by atoms with Gasteiger partial charge in [0.15, 0.2) is 0 Å². The van der Waals surface area contributed by atoms with Crippen molar-refractivity contribution in [3.8, 4) is 17.2 Å². The highest BCUT2D eigenvalue weighted by Crippen LogP contribution is 2.32. The highest BCUT2D eigenvalue weighted by Gasteiger charge is 2.08. The van der Waals surface area contributed by atoms with E-state index in [2.05, 4.69) is 4.98 Å². The van der Waals surface area contributed by atoms with E-state index in [1.165, 1.54) is 0 Å². The third-order valence-electron chi connectivity index (χ3n) is 3.19. The molecular weight excluding hydrogens is 250 g/mol. The molecule has 20 heavy (non-hydrogen) atoms. The second-order valence-electron chi connectivity index (χ2n) is 4.56. The summed E-state index contributed by atoms with van der Waals surface area (Å²) < 4.78 is 11.3. The molecule has 0 saturated heterocycles. The monoisotopic (exact) mass is 265 g/mol. The van der Waals surface area contributed by atoms with Gasteiger partial charge in [-0.05, 0) is 36.8 Å². The summed E-state index contributed by atoms with van der Waals surface area (Å²) in [6, 6.07) is 15.6. The standard InChI is InChI=1S/C17H15NO2/c1-12-10-14-15(11-17(12)19-2)18-9-8-16(14)20-13-6-4-3-5-7-13/h3-11H,1-2H3. The van der Waals surface area contributed by atoms with Crippen molar-refractivity contribution in [2.75, 3.05) is 7.11 Å². The van der Waals surface area contributed by atoms with E-state index in [0.717, 1.165) is 33.7 Å². The van der Waals surface area contributed by atoms with Gasteiger partial charge in [-0.15, -0.1) is 0 Å². The molecule has 0 spiro atoms. The molecule has 2 aromatic carbocycles. The molecule has 0 radical (unpaired) electrons. The summed E-state index contributed by atoms with van der Waals surface area (Å²) in [6.07, 6.45) is 1.75. The first-order chi connectivity index (χ1) is 9.78. The lowest BCUT2D eigenvalue weighted by molar-refractivity contribution is 0.412. The average molecular weight is 265 g/mol. The number of para-hydroxylation sites is 1. The Kier molecular flexibility index (Phi) is 3.25. The van der Waals surface area contributed by atoms with Crippen LogP contribution in [-0.4, -0.2) is 12.1 Å². The summed E-state index contributed by atoms with van der Waals surface area (Å²) in [5, 5.41) is 0.981. The lowest BCUT2D eigenvalue weighted by Gasteiger charge is -2.11. The predicted molar refractivity (Wildman–Crippen MR) is 79.5 cm³/mol. The van der Waals surface area contributed by atoms with Crippen LogP contribution >= 0.6 is 0 Å². The fraction of sp³-hybridized carbons (Fsp3) is 0.118. The minimum atomic E-state index is 0.798. The lowest BCUT2D eigenvalue weighted by atomic mass is 10.1. The number of ether oxygens (including phenoxy) is 2. The van der Waals surface area contributed by atoms with Crippen LogP contribution in [0.2, 0.25) is 0 Å². The number of methoxy groups -OCH3 is 1. The van der Waals surface area contributed by atoms with Gasteiger partial charge in [-0.3, -0.25) is 4.98 Å². The van der Waals surface area contributed by atoms with Crippen LogP contribution in [0.5, 0.6) is 17.2 Å². The Bertz CT molecular complexity index is 739. The van der Waals surface area contributed by atoms with E-state index in [4.69, 9.17) is 9.47 Å². The van der Waals surface area contributed by atoms with Crippen LogP contribution < -0.4 is 9.47 Å². The Labute approximate surface area is 117 Å². The van der Waals surface area contributed by atoms with E-state index in [1.54, 1.807) is 13.3 Å². The fourth-order valence-electron chi connectivity index (χ4n) is 2.18. The van der Waals surface area contributed by atoms with E-state index in [-0.39, 0.29) is 0 Å². The van der Waals surface area contributed by atoms with Gasteiger partial charge in [0.25, 0.3) is 0 Å². The molecule has 3 aromatic rings. The molecule has 0 fully saturated rings. The third-order valence-corrected chi connectivity index (χ3v) is 3.19. The van der Waals surface area contributed by atoms with Gasteiger partial charge < -0.3 is 9.47 Å². The Balaban J connectivity index is 2.09. The summed E-state index contributed by atoms with van der Waals surface area (Å²) >= 11 is 0. The van der Waals surface area contributed by atoms with Crippen LogP contribution in [0, 0.1) is 6.92 Å². The summed E-state index contributed by atoms with van der Waals surface area (Å²) in [7, 11) is 1.67. The quantitative estimate of drug-likeness (QED) is 0.705. The van der Waals surface area contributed by atoms with Crippen LogP contribution in [0.3, 0.4) is 0 Å². The first-order valence-electron chi connectivity index (χ1n) is 6.44. The Morgan fingerprint density at radius 1 is 0.950 bits per heavy atom. The van der Waals surface area contributed by atoms with Gasteiger partial charge in [0.05, 0.1) is 12.6 Å². The van der Waals surface area contributed by atoms with E-state index < -0.39 is 0 Å². The number of hydrogen-bond donors (Lipinski definition) is 0. The van der Waals surface area contributed by atoms with E-state index >= 15 is 0 Å². The molecule has 0 bridgehead atoms. The first kappa shape index (κ1) is 12.5. The van der Waals surface area contributed by atoms with Crippen LogP contribution in [0.1, 0.15) is 5.56 Å². The van der Waals surface area contributed by atoms with Crippen molar-refractivity contribution in [2.24, 2.45) is 0 Å². The fourth-order valence-corrected chi connectivity index (χ4v) is 2.18. The molecule has 0 aliphatic rings. The summed E-state index contributed by atoms with van der Waals surface area (Å²) in [5.41, 5.74) is 1.92. The molecule has 0 saturated carbocycles. The zero-order chi connectivity index (χ0) is 13.9. The van der Waals surface area contributed by atoms with Crippen molar-refractivity contribution < 1.29 is 9.47 Å². The number of fused-ring (bicyclic) bond motifs is 1. The van der Waals surface area contributed by atoms with Crippen LogP contribution in [0.25, 0.3) is 10.9 Å². The van der Waals surface area contributed by atoms with Gasteiger partial charge in [0.1, 0.15) is 17.2 Å². The molecular formula is C17H15NO2. The summed E-state index contributed by atoms with van der Waals surface area (Å²) in [5.74, 6) is 2.45. The molecule has 1 aromatic heterocycles. The number of nitrogens with zero attached hydrogens (tertiary/aromatic N) is 1. The Morgan fingerprint density at radius 2 is 1.75 bits per heavy atom. The number of pyridine rings is 1. The zero-order valence-corrected chi connectivity index (χ0v) is 11.5. The van der Waals surface area contributed by atoms with Gasteiger partial charge in [-0.2, -0.15) is 0 Å². The molecule has 3 nitrogen and oxygen atoms in total. The van der Waals surface area contributed by atoms with Crippen LogP contribution in [0.15, 0.2) is 54.7 Å². The smallest absolute Gasteiger partial charge is 0.138 e. The van der Waals surface area contributed by atoms with E-state index in [0.29, 0.717) is 0 Å². The Hall–Kier alpha value is -2.55. The molecule has 100 valence electrons. The SMILES string of the molecule is COc1cc2nccc(Oc3ccccc3)c2cc1C. The van der Waals surface area contributed by atoms with Gasteiger partial charge >= 0.3 is 0 Å². The van der Waals surface area contributed by atoms with Crippen LogP contribution in [0.4, 0.5) is 0 Å². The molecule has 3 rings (SSSR count). The highest BCUT2D eigenvalue weighted by atomic mass is 16.5. The van der Waals surface area contributed by atoms with Crippen LogP contribution in [-0.2, 0) is 0 Å². The maximum Gasteiger partial charge on any atom is 0.138 e. The van der Waals surface area contributed by atoms with Gasteiger partial charge in [0.2, 0.25) is 0 Å². The largest absolute Gasteiger partial charge is 0.496 e. The minimum absolute atomic E-state index is 0.798. The van der Waals surface area contributed by atoms with Crippen molar-refractivity contribution in [3.05, 3.63) is 60.3 Å². The molecule has 1 heterocycles. The van der Waals surface area contributed by atoms with Crippen molar-refractivity contribution >= 4 is 10.9 Å². The molecule has 0 aliphatic heterocycles. The lowest BCUT2D eigenvalue weighted by Crippen LogP contribution is -1.91. The van der Waals surface area contributed by atoms with E-state index in [9.17, 15) is 0 Å². The summed E-state index contributed by atoms with van der Waals surface area (Å²) in [4.78, 5) is 4.37. The molecule has 0 unspecified atom stereocenters. The number of rotatable bonds is 3. The highest BCUT2D eigenvalue weighted by molar-refractivity contribution is 5.87. The number of aromatic nitrogens is 1. The van der Waals surface area contributed by atoms with Crippen molar-refractivity contribution in [1.29, 1.82) is 0 Å². The maximum atomic E-state index is 5.94. The molecule has 0 amide bonds. The van der Waals surface area contributed by atoms with Gasteiger partial charge in [-0.1, -0.05) is 18.2 Å². The van der Waals surface area contributed by atoms with Crippen molar-refractivity contribution in [3.63, 3.8) is 0 Å². The molecule has 0 N–H and O–H groups in total.